The van der Waals surface area contributed by atoms with E-state index in [-0.39, 0.29) is 0 Å². The molecule has 1 saturated carbocycles. The first kappa shape index (κ1) is 8.56. The highest BCUT2D eigenvalue weighted by Crippen LogP contribution is 2.60. The van der Waals surface area contributed by atoms with Crippen molar-refractivity contribution in [3.05, 3.63) is 11.1 Å². The highest BCUT2D eigenvalue weighted by molar-refractivity contribution is 7.64. The van der Waals surface area contributed by atoms with Gasteiger partial charge >= 0.3 is 0 Å². The van der Waals surface area contributed by atoms with Crippen LogP contribution in [-0.4, -0.2) is 18.5 Å². The summed E-state index contributed by atoms with van der Waals surface area (Å²) >= 11 is 0. The molecule has 1 heterocycles. The first-order valence-corrected chi connectivity index (χ1v) is 7.27. The molecule has 0 bridgehead atoms. The van der Waals surface area contributed by atoms with Crippen LogP contribution in [0.4, 0.5) is 0 Å². The van der Waals surface area contributed by atoms with Crippen molar-refractivity contribution in [2.75, 3.05) is 12.8 Å². The Morgan fingerprint density at radius 3 is 2.83 bits per heavy atom. The lowest BCUT2D eigenvalue weighted by molar-refractivity contribution is 0.551. The van der Waals surface area contributed by atoms with E-state index < -0.39 is 7.14 Å². The Bertz CT molecular complexity index is 278. The van der Waals surface area contributed by atoms with E-state index in [2.05, 4.69) is 6.92 Å². The van der Waals surface area contributed by atoms with Crippen LogP contribution in [0, 0.1) is 0 Å². The zero-order valence-corrected chi connectivity index (χ0v) is 8.86. The molecule has 1 aliphatic heterocycles. The maximum Gasteiger partial charge on any atom is 0.0954 e. The van der Waals surface area contributed by atoms with Crippen molar-refractivity contribution in [1.82, 2.24) is 0 Å². The van der Waals surface area contributed by atoms with Gasteiger partial charge in [0.25, 0.3) is 0 Å². The first-order valence-electron chi connectivity index (χ1n) is 4.86. The molecule has 0 aromatic rings. The number of rotatable bonds is 0. The highest BCUT2D eigenvalue weighted by Gasteiger charge is 2.39. The second-order valence-electron chi connectivity index (χ2n) is 4.40. The lowest BCUT2D eigenvalue weighted by Crippen LogP contribution is -2.12. The molecule has 2 heteroatoms. The summed E-state index contributed by atoms with van der Waals surface area (Å²) in [6.45, 7) is 4.18. The zero-order valence-electron chi connectivity index (χ0n) is 7.97. The predicted octanol–water partition coefficient (Wildman–Crippen LogP) is 3.25. The maximum absolute atomic E-state index is 12.1. The van der Waals surface area contributed by atoms with E-state index in [1.807, 2.05) is 6.66 Å². The minimum absolute atomic E-state index is 0.492. The first-order chi connectivity index (χ1) is 5.61. The Hall–Kier alpha value is -0.0300. The molecular formula is C10H17OP. The van der Waals surface area contributed by atoms with Crippen LogP contribution in [0.25, 0.3) is 0 Å². The van der Waals surface area contributed by atoms with E-state index in [0.29, 0.717) is 5.66 Å². The van der Waals surface area contributed by atoms with Crippen molar-refractivity contribution in [3.8, 4) is 0 Å². The average Bonchev–Trinajstić information content (AvgIpc) is 2.25. The third-order valence-electron chi connectivity index (χ3n) is 3.33. The minimum atomic E-state index is -1.80. The van der Waals surface area contributed by atoms with Crippen molar-refractivity contribution in [2.45, 2.75) is 38.3 Å². The van der Waals surface area contributed by atoms with Gasteiger partial charge < -0.3 is 4.57 Å². The van der Waals surface area contributed by atoms with E-state index in [1.54, 1.807) is 5.57 Å². The quantitative estimate of drug-likeness (QED) is 0.417. The standard InChI is InChI=1S/C10H17OP/c1-8-7-12(2,11)10-6-4-3-5-9(8)10/h10H,3-7H2,1-2H3. The number of allylic oxidation sites excluding steroid dienone is 2. The number of hydrogen-bond acceptors (Lipinski definition) is 1. The van der Waals surface area contributed by atoms with Gasteiger partial charge in [-0.1, -0.05) is 17.6 Å². The molecule has 2 aliphatic rings. The Labute approximate surface area is 74.6 Å². The van der Waals surface area contributed by atoms with Crippen molar-refractivity contribution in [2.24, 2.45) is 0 Å². The summed E-state index contributed by atoms with van der Waals surface area (Å²) in [6.07, 6.45) is 5.95. The maximum atomic E-state index is 12.1. The van der Waals surface area contributed by atoms with Gasteiger partial charge in [0.1, 0.15) is 0 Å². The second-order valence-corrected chi connectivity index (χ2v) is 7.69. The summed E-state index contributed by atoms with van der Waals surface area (Å²) in [5.74, 6) is 0. The van der Waals surface area contributed by atoms with Gasteiger partial charge in [-0.25, -0.2) is 0 Å². The van der Waals surface area contributed by atoms with Crippen LogP contribution in [0.15, 0.2) is 11.1 Å². The summed E-state index contributed by atoms with van der Waals surface area (Å²) < 4.78 is 12.1. The molecule has 0 N–H and O–H groups in total. The lowest BCUT2D eigenvalue weighted by Gasteiger charge is -2.24. The molecule has 1 fully saturated rings. The van der Waals surface area contributed by atoms with E-state index in [1.165, 1.54) is 31.3 Å². The molecule has 0 spiro atoms. The van der Waals surface area contributed by atoms with Crippen LogP contribution in [0.2, 0.25) is 0 Å². The van der Waals surface area contributed by atoms with Gasteiger partial charge in [-0.05, 0) is 32.9 Å². The zero-order chi connectivity index (χ0) is 8.77. The van der Waals surface area contributed by atoms with Gasteiger partial charge in [0.2, 0.25) is 0 Å². The predicted molar refractivity (Wildman–Crippen MR) is 53.4 cm³/mol. The molecule has 0 aromatic heterocycles. The molecule has 0 amide bonds. The molecule has 1 nitrogen and oxygen atoms in total. The Kier molecular flexibility index (Phi) is 1.95. The molecule has 2 atom stereocenters. The summed E-state index contributed by atoms with van der Waals surface area (Å²) in [7, 11) is -1.80. The van der Waals surface area contributed by atoms with Crippen LogP contribution in [0.5, 0.6) is 0 Å². The van der Waals surface area contributed by atoms with Gasteiger partial charge in [-0.2, -0.15) is 0 Å². The Balaban J connectivity index is 2.34. The fourth-order valence-electron chi connectivity index (χ4n) is 2.78. The Morgan fingerprint density at radius 2 is 2.17 bits per heavy atom. The number of hydrogen-bond donors (Lipinski definition) is 0. The normalized spacial score (nSPS) is 41.7. The van der Waals surface area contributed by atoms with Crippen LogP contribution >= 0.6 is 7.14 Å². The van der Waals surface area contributed by atoms with Gasteiger partial charge in [-0.15, -0.1) is 0 Å². The average molecular weight is 184 g/mol. The van der Waals surface area contributed by atoms with Crippen LogP contribution in [-0.2, 0) is 4.57 Å². The molecule has 12 heavy (non-hydrogen) atoms. The van der Waals surface area contributed by atoms with Crippen molar-refractivity contribution < 1.29 is 4.57 Å². The minimum Gasteiger partial charge on any atom is -0.323 e. The number of fused-ring (bicyclic) bond motifs is 1. The van der Waals surface area contributed by atoms with Gasteiger partial charge in [0.15, 0.2) is 0 Å². The fraction of sp³-hybridized carbons (Fsp3) is 0.800. The second kappa shape index (κ2) is 2.73. The molecule has 0 saturated heterocycles. The summed E-state index contributed by atoms with van der Waals surface area (Å²) in [5, 5.41) is 0. The van der Waals surface area contributed by atoms with E-state index >= 15 is 0 Å². The van der Waals surface area contributed by atoms with E-state index in [9.17, 15) is 4.57 Å². The van der Waals surface area contributed by atoms with Crippen LogP contribution in [0.1, 0.15) is 32.6 Å². The molecule has 68 valence electrons. The fourth-order valence-corrected chi connectivity index (χ4v) is 5.88. The summed E-state index contributed by atoms with van der Waals surface area (Å²) in [5.41, 5.74) is 3.50. The molecule has 2 unspecified atom stereocenters. The van der Waals surface area contributed by atoms with Gasteiger partial charge in [0.05, 0.1) is 7.14 Å². The lowest BCUT2D eigenvalue weighted by atomic mass is 9.92. The highest BCUT2D eigenvalue weighted by atomic mass is 31.2. The van der Waals surface area contributed by atoms with Crippen molar-refractivity contribution in [3.63, 3.8) is 0 Å². The molecular weight excluding hydrogens is 167 g/mol. The third kappa shape index (κ3) is 1.19. The molecule has 0 aromatic carbocycles. The van der Waals surface area contributed by atoms with E-state index in [4.69, 9.17) is 0 Å². The van der Waals surface area contributed by atoms with E-state index in [0.717, 1.165) is 6.16 Å². The smallest absolute Gasteiger partial charge is 0.0954 e. The van der Waals surface area contributed by atoms with Crippen molar-refractivity contribution >= 4 is 7.14 Å². The monoisotopic (exact) mass is 184 g/mol. The largest absolute Gasteiger partial charge is 0.323 e. The van der Waals surface area contributed by atoms with Crippen LogP contribution in [0.3, 0.4) is 0 Å². The van der Waals surface area contributed by atoms with Crippen molar-refractivity contribution in [1.29, 1.82) is 0 Å². The molecule has 1 aliphatic carbocycles. The van der Waals surface area contributed by atoms with Gasteiger partial charge in [-0.3, -0.25) is 0 Å². The Morgan fingerprint density at radius 1 is 1.42 bits per heavy atom. The molecule has 2 rings (SSSR count). The molecule has 0 radical (unpaired) electrons. The third-order valence-corrected chi connectivity index (χ3v) is 6.33. The topological polar surface area (TPSA) is 17.1 Å². The van der Waals surface area contributed by atoms with Gasteiger partial charge in [0, 0.05) is 11.8 Å². The SMILES string of the molecule is CC1=C2CCCCC2P(C)(=O)C1. The summed E-state index contributed by atoms with van der Waals surface area (Å²) in [4.78, 5) is 0. The van der Waals surface area contributed by atoms with Crippen LogP contribution < -0.4 is 0 Å². The summed E-state index contributed by atoms with van der Waals surface area (Å²) in [6, 6.07) is 0.